The maximum atomic E-state index is 4.49. The van der Waals surface area contributed by atoms with Crippen molar-refractivity contribution in [2.24, 2.45) is 5.41 Å². The van der Waals surface area contributed by atoms with Gasteiger partial charge in [-0.15, -0.1) is 11.3 Å². The topological polar surface area (TPSA) is 12.9 Å². The fraction of sp³-hybridized carbons (Fsp3) is 0.824. The highest BCUT2D eigenvalue weighted by Gasteiger charge is 2.24. The van der Waals surface area contributed by atoms with Gasteiger partial charge >= 0.3 is 0 Å². The molecular weight excluding hydrogens is 250 g/mol. The van der Waals surface area contributed by atoms with Gasteiger partial charge in [0.2, 0.25) is 0 Å². The number of rotatable bonds is 11. The van der Waals surface area contributed by atoms with E-state index in [0.717, 1.165) is 0 Å². The zero-order valence-corrected chi connectivity index (χ0v) is 13.9. The summed E-state index contributed by atoms with van der Waals surface area (Å²) in [4.78, 5) is 4.49. The molecule has 110 valence electrons. The fourth-order valence-corrected chi connectivity index (χ4v) is 3.60. The minimum absolute atomic E-state index is 0.472. The van der Waals surface area contributed by atoms with Crippen molar-refractivity contribution in [3.8, 4) is 0 Å². The van der Waals surface area contributed by atoms with Gasteiger partial charge in [0.25, 0.3) is 0 Å². The molecule has 0 aliphatic rings. The molecule has 1 aromatic rings. The molecule has 0 aromatic carbocycles. The summed E-state index contributed by atoms with van der Waals surface area (Å²) in [5.74, 6) is 0. The standard InChI is InChI=1S/C17H31NS/c1-4-6-8-9-10-12-17(3,11-7-5-2)15-16-18-13-14-19-16/h13-14H,4-12,15H2,1-3H3. The van der Waals surface area contributed by atoms with Crippen molar-refractivity contribution < 1.29 is 0 Å². The SMILES string of the molecule is CCCCCCCC(C)(CCCC)Cc1nccs1. The molecule has 1 heterocycles. The third-order valence-electron chi connectivity index (χ3n) is 4.08. The quantitative estimate of drug-likeness (QED) is 0.437. The van der Waals surface area contributed by atoms with Crippen molar-refractivity contribution in [3.63, 3.8) is 0 Å². The first-order chi connectivity index (χ1) is 9.20. The normalized spacial score (nSPS) is 14.5. The molecule has 1 aromatic heterocycles. The van der Waals surface area contributed by atoms with E-state index < -0.39 is 0 Å². The Morgan fingerprint density at radius 1 is 1.00 bits per heavy atom. The zero-order valence-electron chi connectivity index (χ0n) is 13.1. The Kier molecular flexibility index (Phi) is 8.36. The molecule has 0 fully saturated rings. The van der Waals surface area contributed by atoms with Crippen molar-refractivity contribution in [1.82, 2.24) is 4.98 Å². The molecule has 0 amide bonds. The third kappa shape index (κ3) is 7.10. The lowest BCUT2D eigenvalue weighted by molar-refractivity contribution is 0.251. The number of hydrogen-bond acceptors (Lipinski definition) is 2. The highest BCUT2D eigenvalue weighted by molar-refractivity contribution is 7.09. The van der Waals surface area contributed by atoms with Crippen LogP contribution in [-0.2, 0) is 6.42 Å². The zero-order chi connectivity index (χ0) is 14.0. The summed E-state index contributed by atoms with van der Waals surface area (Å²) in [6.07, 6.45) is 15.5. The van der Waals surface area contributed by atoms with Crippen LogP contribution >= 0.6 is 11.3 Å². The number of hydrogen-bond donors (Lipinski definition) is 0. The molecule has 0 radical (unpaired) electrons. The maximum absolute atomic E-state index is 4.49. The Morgan fingerprint density at radius 2 is 1.68 bits per heavy atom. The van der Waals surface area contributed by atoms with Crippen LogP contribution < -0.4 is 0 Å². The lowest BCUT2D eigenvalue weighted by Crippen LogP contribution is -2.19. The molecular formula is C17H31NS. The van der Waals surface area contributed by atoms with E-state index in [0.29, 0.717) is 5.41 Å². The fourth-order valence-electron chi connectivity index (χ4n) is 2.77. The smallest absolute Gasteiger partial charge is 0.0930 e. The molecule has 1 unspecified atom stereocenters. The van der Waals surface area contributed by atoms with Crippen LogP contribution in [0.25, 0.3) is 0 Å². The number of unbranched alkanes of at least 4 members (excludes halogenated alkanes) is 5. The molecule has 1 atom stereocenters. The molecule has 19 heavy (non-hydrogen) atoms. The molecule has 0 saturated heterocycles. The summed E-state index contributed by atoms with van der Waals surface area (Å²) in [5, 5.41) is 3.43. The molecule has 0 saturated carbocycles. The Labute approximate surface area is 123 Å². The largest absolute Gasteiger partial charge is 0.250 e. The minimum Gasteiger partial charge on any atom is -0.250 e. The van der Waals surface area contributed by atoms with Gasteiger partial charge in [0.15, 0.2) is 0 Å². The van der Waals surface area contributed by atoms with Crippen LogP contribution in [0.15, 0.2) is 11.6 Å². The highest BCUT2D eigenvalue weighted by atomic mass is 32.1. The first-order valence-corrected chi connectivity index (χ1v) is 8.96. The van der Waals surface area contributed by atoms with E-state index in [2.05, 4.69) is 31.1 Å². The molecule has 0 N–H and O–H groups in total. The van der Waals surface area contributed by atoms with Crippen LogP contribution in [0.5, 0.6) is 0 Å². The van der Waals surface area contributed by atoms with E-state index >= 15 is 0 Å². The van der Waals surface area contributed by atoms with Gasteiger partial charge < -0.3 is 0 Å². The summed E-state index contributed by atoms with van der Waals surface area (Å²) in [6, 6.07) is 0. The number of nitrogens with zero attached hydrogens (tertiary/aromatic N) is 1. The second-order valence-corrected chi connectivity index (χ2v) is 7.16. The second-order valence-electron chi connectivity index (χ2n) is 6.18. The maximum Gasteiger partial charge on any atom is 0.0930 e. The lowest BCUT2D eigenvalue weighted by Gasteiger charge is -2.29. The Hall–Kier alpha value is -0.370. The van der Waals surface area contributed by atoms with Crippen molar-refractivity contribution in [2.45, 2.75) is 85.0 Å². The van der Waals surface area contributed by atoms with Crippen molar-refractivity contribution in [3.05, 3.63) is 16.6 Å². The van der Waals surface area contributed by atoms with Gasteiger partial charge in [0.1, 0.15) is 0 Å². The van der Waals surface area contributed by atoms with Crippen molar-refractivity contribution in [1.29, 1.82) is 0 Å². The average Bonchev–Trinajstić information content (AvgIpc) is 2.89. The van der Waals surface area contributed by atoms with Crippen LogP contribution in [-0.4, -0.2) is 4.98 Å². The van der Waals surface area contributed by atoms with Crippen LogP contribution in [0.3, 0.4) is 0 Å². The van der Waals surface area contributed by atoms with Crippen LogP contribution in [0, 0.1) is 5.41 Å². The lowest BCUT2D eigenvalue weighted by atomic mass is 9.77. The number of thiazole rings is 1. The van der Waals surface area contributed by atoms with Gasteiger partial charge in [-0.3, -0.25) is 0 Å². The predicted octanol–water partition coefficient (Wildman–Crippen LogP) is 6.24. The van der Waals surface area contributed by atoms with Crippen LogP contribution in [0.1, 0.15) is 83.6 Å². The summed E-state index contributed by atoms with van der Waals surface area (Å²) < 4.78 is 0. The van der Waals surface area contributed by atoms with Crippen LogP contribution in [0.2, 0.25) is 0 Å². The monoisotopic (exact) mass is 281 g/mol. The van der Waals surface area contributed by atoms with E-state index in [4.69, 9.17) is 0 Å². The van der Waals surface area contributed by atoms with Gasteiger partial charge in [-0.25, -0.2) is 4.98 Å². The van der Waals surface area contributed by atoms with Gasteiger partial charge in [-0.2, -0.15) is 0 Å². The van der Waals surface area contributed by atoms with Gasteiger partial charge in [0, 0.05) is 18.0 Å². The first-order valence-electron chi connectivity index (χ1n) is 8.08. The minimum atomic E-state index is 0.472. The summed E-state index contributed by atoms with van der Waals surface area (Å²) in [5.41, 5.74) is 0.472. The Balaban J connectivity index is 2.40. The van der Waals surface area contributed by atoms with Gasteiger partial charge in [-0.05, 0) is 18.3 Å². The molecule has 0 aliphatic carbocycles. The van der Waals surface area contributed by atoms with Gasteiger partial charge in [0.05, 0.1) is 5.01 Å². The third-order valence-corrected chi connectivity index (χ3v) is 4.86. The van der Waals surface area contributed by atoms with Crippen LogP contribution in [0.4, 0.5) is 0 Å². The molecule has 1 nitrogen and oxygen atoms in total. The van der Waals surface area contributed by atoms with Crippen molar-refractivity contribution in [2.75, 3.05) is 0 Å². The molecule has 0 aliphatic heterocycles. The van der Waals surface area contributed by atoms with Gasteiger partial charge in [-0.1, -0.05) is 65.7 Å². The summed E-state index contributed by atoms with van der Waals surface area (Å²) in [7, 11) is 0. The van der Waals surface area contributed by atoms with E-state index in [1.165, 1.54) is 69.2 Å². The van der Waals surface area contributed by atoms with Crippen molar-refractivity contribution >= 4 is 11.3 Å². The van der Waals surface area contributed by atoms with E-state index in [9.17, 15) is 0 Å². The average molecular weight is 282 g/mol. The molecule has 0 bridgehead atoms. The first kappa shape index (κ1) is 16.7. The Morgan fingerprint density at radius 3 is 2.32 bits per heavy atom. The highest BCUT2D eigenvalue weighted by Crippen LogP contribution is 2.35. The molecule has 2 heteroatoms. The van der Waals surface area contributed by atoms with E-state index in [1.54, 1.807) is 0 Å². The predicted molar refractivity (Wildman–Crippen MR) is 86.8 cm³/mol. The molecule has 1 rings (SSSR count). The second kappa shape index (κ2) is 9.52. The molecule has 0 spiro atoms. The summed E-state index contributed by atoms with van der Waals surface area (Å²) >= 11 is 1.82. The van der Waals surface area contributed by atoms with E-state index in [-0.39, 0.29) is 0 Å². The Bertz CT molecular complexity index is 307. The number of aromatic nitrogens is 1. The summed E-state index contributed by atoms with van der Waals surface area (Å²) in [6.45, 7) is 7.06. The van der Waals surface area contributed by atoms with E-state index in [1.807, 2.05) is 17.5 Å².